The maximum atomic E-state index is 6.39. The predicted molar refractivity (Wildman–Crippen MR) is 81.9 cm³/mol. The van der Waals surface area contributed by atoms with Crippen LogP contribution in [0.4, 0.5) is 0 Å². The number of hydrogen-bond donors (Lipinski definition) is 1. The van der Waals surface area contributed by atoms with Crippen molar-refractivity contribution in [1.82, 2.24) is 20.3 Å². The number of nitrogens with zero attached hydrogens (tertiary/aromatic N) is 3. The van der Waals surface area contributed by atoms with E-state index in [0.29, 0.717) is 0 Å². The lowest BCUT2D eigenvalue weighted by Gasteiger charge is -2.19. The van der Waals surface area contributed by atoms with Crippen LogP contribution in [0.1, 0.15) is 36.2 Å². The summed E-state index contributed by atoms with van der Waals surface area (Å²) in [5, 5.41) is 12.5. The molecule has 0 spiro atoms. The maximum Gasteiger partial charge on any atom is 0.0845 e. The number of benzene rings is 1. The summed E-state index contributed by atoms with van der Waals surface area (Å²) in [5.41, 5.74) is 3.27. The summed E-state index contributed by atoms with van der Waals surface area (Å²) in [6.45, 7) is 5.16. The lowest BCUT2D eigenvalue weighted by molar-refractivity contribution is 0.524. The summed E-state index contributed by atoms with van der Waals surface area (Å²) >= 11 is 6.39. The third kappa shape index (κ3) is 3.81. The minimum absolute atomic E-state index is 0.166. The van der Waals surface area contributed by atoms with Crippen molar-refractivity contribution < 1.29 is 0 Å². The van der Waals surface area contributed by atoms with Crippen molar-refractivity contribution >= 4 is 11.6 Å². The Kier molecular flexibility index (Phi) is 5.15. The Bertz CT molecular complexity index is 565. The molecule has 4 nitrogen and oxygen atoms in total. The van der Waals surface area contributed by atoms with Crippen LogP contribution in [0.3, 0.4) is 0 Å². The van der Waals surface area contributed by atoms with E-state index in [9.17, 15) is 0 Å². The molecule has 1 aromatic carbocycles. The van der Waals surface area contributed by atoms with E-state index < -0.39 is 0 Å². The predicted octanol–water partition coefficient (Wildman–Crippen LogP) is 3.06. The van der Waals surface area contributed by atoms with Gasteiger partial charge in [0.1, 0.15) is 0 Å². The second-order valence-corrected chi connectivity index (χ2v) is 5.53. The quantitative estimate of drug-likeness (QED) is 0.890. The summed E-state index contributed by atoms with van der Waals surface area (Å²) in [4.78, 5) is 0. The van der Waals surface area contributed by atoms with Gasteiger partial charge in [0, 0.05) is 30.7 Å². The van der Waals surface area contributed by atoms with Crippen LogP contribution in [0.2, 0.25) is 5.02 Å². The van der Waals surface area contributed by atoms with E-state index in [1.165, 1.54) is 5.56 Å². The Morgan fingerprint density at radius 1 is 1.40 bits per heavy atom. The van der Waals surface area contributed by atoms with E-state index in [0.717, 1.165) is 35.7 Å². The fraction of sp³-hybridized carbons (Fsp3) is 0.467. The normalized spacial score (nSPS) is 12.6. The number of aromatic nitrogens is 3. The molecule has 0 amide bonds. The molecule has 20 heavy (non-hydrogen) atoms. The zero-order chi connectivity index (χ0) is 14.5. The fourth-order valence-electron chi connectivity index (χ4n) is 2.22. The monoisotopic (exact) mass is 292 g/mol. The molecule has 0 aliphatic carbocycles. The molecule has 0 aliphatic heterocycles. The number of halogens is 1. The molecule has 2 rings (SSSR count). The number of rotatable bonds is 6. The molecule has 1 unspecified atom stereocenters. The van der Waals surface area contributed by atoms with Crippen molar-refractivity contribution in [3.8, 4) is 0 Å². The minimum Gasteiger partial charge on any atom is -0.310 e. The first-order valence-electron chi connectivity index (χ1n) is 6.94. The van der Waals surface area contributed by atoms with Crippen LogP contribution in [-0.2, 0) is 13.5 Å². The van der Waals surface area contributed by atoms with E-state index in [1.54, 1.807) is 4.68 Å². The van der Waals surface area contributed by atoms with Gasteiger partial charge in [-0.1, -0.05) is 35.9 Å². The highest BCUT2D eigenvalue weighted by atomic mass is 35.5. The van der Waals surface area contributed by atoms with Crippen molar-refractivity contribution in [1.29, 1.82) is 0 Å². The van der Waals surface area contributed by atoms with Crippen molar-refractivity contribution in [2.75, 3.05) is 6.54 Å². The molecule has 0 radical (unpaired) electrons. The van der Waals surface area contributed by atoms with Crippen molar-refractivity contribution in [2.24, 2.45) is 7.05 Å². The van der Waals surface area contributed by atoms with E-state index in [4.69, 9.17) is 11.6 Å². The van der Waals surface area contributed by atoms with E-state index in [2.05, 4.69) is 34.7 Å². The largest absolute Gasteiger partial charge is 0.310 e. The number of aryl methyl sites for hydroxylation is 2. The van der Waals surface area contributed by atoms with Crippen LogP contribution in [0.5, 0.6) is 0 Å². The smallest absolute Gasteiger partial charge is 0.0845 e. The molecule has 0 aliphatic rings. The Morgan fingerprint density at radius 3 is 2.80 bits per heavy atom. The number of nitrogens with one attached hydrogen (secondary N) is 1. The van der Waals surface area contributed by atoms with Gasteiger partial charge in [0.15, 0.2) is 0 Å². The fourth-order valence-corrected chi connectivity index (χ4v) is 2.59. The van der Waals surface area contributed by atoms with Gasteiger partial charge in [-0.25, -0.2) is 0 Å². The summed E-state index contributed by atoms with van der Waals surface area (Å²) < 4.78 is 1.73. The highest BCUT2D eigenvalue weighted by Crippen LogP contribution is 2.26. The lowest BCUT2D eigenvalue weighted by atomic mass is 10.0. The zero-order valence-electron chi connectivity index (χ0n) is 12.2. The summed E-state index contributed by atoms with van der Waals surface area (Å²) in [5.74, 6) is 0. The molecule has 0 saturated carbocycles. The highest BCUT2D eigenvalue weighted by molar-refractivity contribution is 6.31. The Morgan fingerprint density at radius 2 is 2.20 bits per heavy atom. The van der Waals surface area contributed by atoms with Gasteiger partial charge in [0.05, 0.1) is 5.69 Å². The van der Waals surface area contributed by atoms with Crippen LogP contribution in [0, 0.1) is 6.92 Å². The van der Waals surface area contributed by atoms with Gasteiger partial charge in [-0.15, -0.1) is 5.10 Å². The first-order valence-corrected chi connectivity index (χ1v) is 7.32. The van der Waals surface area contributed by atoms with Gasteiger partial charge >= 0.3 is 0 Å². The number of hydrogen-bond acceptors (Lipinski definition) is 3. The Labute approximate surface area is 125 Å². The van der Waals surface area contributed by atoms with Gasteiger partial charge in [-0.2, -0.15) is 0 Å². The van der Waals surface area contributed by atoms with Gasteiger partial charge in [0.2, 0.25) is 0 Å². The Balaban J connectivity index is 2.22. The van der Waals surface area contributed by atoms with Gasteiger partial charge in [-0.3, -0.25) is 4.68 Å². The average Bonchev–Trinajstić information content (AvgIpc) is 2.80. The third-order valence-corrected chi connectivity index (χ3v) is 3.56. The molecular formula is C15H21ClN4. The third-order valence-electron chi connectivity index (χ3n) is 3.24. The van der Waals surface area contributed by atoms with Crippen LogP contribution in [0.25, 0.3) is 0 Å². The average molecular weight is 293 g/mol. The lowest BCUT2D eigenvalue weighted by Crippen LogP contribution is -2.24. The molecular weight excluding hydrogens is 272 g/mol. The second kappa shape index (κ2) is 6.86. The molecule has 1 atom stereocenters. The van der Waals surface area contributed by atoms with Crippen molar-refractivity contribution in [3.63, 3.8) is 0 Å². The van der Waals surface area contributed by atoms with Gasteiger partial charge < -0.3 is 5.32 Å². The van der Waals surface area contributed by atoms with E-state index in [1.807, 2.05) is 26.2 Å². The summed E-state index contributed by atoms with van der Waals surface area (Å²) in [6, 6.07) is 6.37. The maximum absolute atomic E-state index is 6.39. The van der Waals surface area contributed by atoms with Crippen LogP contribution in [-0.4, -0.2) is 21.5 Å². The van der Waals surface area contributed by atoms with Crippen molar-refractivity contribution in [2.45, 2.75) is 32.7 Å². The summed E-state index contributed by atoms with van der Waals surface area (Å²) in [7, 11) is 1.88. The van der Waals surface area contributed by atoms with Gasteiger partial charge in [0.25, 0.3) is 0 Å². The second-order valence-electron chi connectivity index (χ2n) is 5.12. The molecule has 108 valence electrons. The van der Waals surface area contributed by atoms with Crippen LogP contribution >= 0.6 is 11.6 Å². The highest BCUT2D eigenvalue weighted by Gasteiger charge is 2.16. The molecule has 1 N–H and O–H groups in total. The molecule has 0 fully saturated rings. The SMILES string of the molecule is CCCNC(Cc1cn(C)nn1)c1ccc(C)cc1Cl. The topological polar surface area (TPSA) is 42.7 Å². The van der Waals surface area contributed by atoms with Crippen LogP contribution < -0.4 is 5.32 Å². The van der Waals surface area contributed by atoms with Crippen molar-refractivity contribution in [3.05, 3.63) is 46.2 Å². The molecule has 1 aromatic heterocycles. The standard InChI is InChI=1S/C15H21ClN4/c1-4-7-17-15(9-12-10-20(3)19-18-12)13-6-5-11(2)8-14(13)16/h5-6,8,10,15,17H,4,7,9H2,1-3H3. The van der Waals surface area contributed by atoms with Crippen LogP contribution in [0.15, 0.2) is 24.4 Å². The molecule has 5 heteroatoms. The molecule has 2 aromatic rings. The first kappa shape index (κ1) is 15.0. The first-order chi connectivity index (χ1) is 9.60. The molecule has 0 saturated heterocycles. The minimum atomic E-state index is 0.166. The zero-order valence-corrected chi connectivity index (χ0v) is 13.0. The molecule has 0 bridgehead atoms. The molecule has 1 heterocycles. The van der Waals surface area contributed by atoms with Gasteiger partial charge in [-0.05, 0) is 37.1 Å². The van der Waals surface area contributed by atoms with E-state index in [-0.39, 0.29) is 6.04 Å². The Hall–Kier alpha value is -1.39. The summed E-state index contributed by atoms with van der Waals surface area (Å²) in [6.07, 6.45) is 3.82. The van der Waals surface area contributed by atoms with E-state index >= 15 is 0 Å².